The summed E-state index contributed by atoms with van der Waals surface area (Å²) in [6, 6.07) is 7.69. The Labute approximate surface area is 160 Å². The minimum atomic E-state index is -0.409. The number of aliphatic imine (C=N–C) groups is 1. The van der Waals surface area contributed by atoms with Gasteiger partial charge in [-0.05, 0) is 39.2 Å². The van der Waals surface area contributed by atoms with E-state index in [-0.39, 0.29) is 12.4 Å². The Balaban J connectivity index is 2.15. The monoisotopic (exact) mass is 369 g/mol. The van der Waals surface area contributed by atoms with Crippen molar-refractivity contribution in [3.63, 3.8) is 0 Å². The summed E-state index contributed by atoms with van der Waals surface area (Å²) in [5, 5.41) is 0. The Morgan fingerprint density at radius 2 is 1.96 bits per heavy atom. The van der Waals surface area contributed by atoms with Crippen LogP contribution in [-0.4, -0.2) is 30.7 Å². The third-order valence-corrected chi connectivity index (χ3v) is 5.12. The molecule has 0 amide bonds. The molecule has 2 aliphatic rings. The summed E-state index contributed by atoms with van der Waals surface area (Å²) in [6.45, 7) is 6.53. The molecular weight excluding hydrogens is 342 g/mol. The van der Waals surface area contributed by atoms with Gasteiger partial charge < -0.3 is 9.47 Å². The lowest BCUT2D eigenvalue weighted by atomic mass is 9.69. The molecule has 0 N–H and O–H groups in total. The summed E-state index contributed by atoms with van der Waals surface area (Å²) in [5.41, 5.74) is 2.87. The molecule has 1 fully saturated rings. The maximum Gasteiger partial charge on any atom is 0.336 e. The number of para-hydroxylation sites is 1. The molecule has 2 atom stereocenters. The van der Waals surface area contributed by atoms with Gasteiger partial charge in [-0.3, -0.25) is 9.79 Å². The van der Waals surface area contributed by atoms with Crippen molar-refractivity contribution >= 4 is 17.5 Å². The minimum Gasteiger partial charge on any atom is -0.493 e. The fourth-order valence-electron chi connectivity index (χ4n) is 4.01. The quantitative estimate of drug-likeness (QED) is 0.704. The number of fused-ring (bicyclic) bond motifs is 1. The fourth-order valence-corrected chi connectivity index (χ4v) is 4.01. The minimum absolute atomic E-state index is 0.143. The summed E-state index contributed by atoms with van der Waals surface area (Å²) < 4.78 is 11.3. The van der Waals surface area contributed by atoms with Gasteiger partial charge in [-0.2, -0.15) is 0 Å². The number of carbonyl (C=O) groups excluding carboxylic acids is 2. The maximum absolute atomic E-state index is 12.9. The molecule has 0 aromatic heterocycles. The second kappa shape index (κ2) is 8.51. The van der Waals surface area contributed by atoms with Crippen molar-refractivity contribution in [1.29, 1.82) is 0 Å². The third kappa shape index (κ3) is 3.82. The number of benzene rings is 1. The van der Waals surface area contributed by atoms with Crippen LogP contribution in [-0.2, 0) is 14.3 Å². The van der Waals surface area contributed by atoms with Crippen molar-refractivity contribution in [1.82, 2.24) is 0 Å². The Hall–Kier alpha value is -2.43. The number of allylic oxidation sites excluding steroid dienone is 1. The Morgan fingerprint density at radius 1 is 1.19 bits per heavy atom. The zero-order chi connectivity index (χ0) is 19.4. The van der Waals surface area contributed by atoms with Gasteiger partial charge in [0.15, 0.2) is 0 Å². The number of hydrogen-bond acceptors (Lipinski definition) is 5. The van der Waals surface area contributed by atoms with Crippen molar-refractivity contribution in [2.75, 3.05) is 13.2 Å². The summed E-state index contributed by atoms with van der Waals surface area (Å²) in [4.78, 5) is 30.3. The topological polar surface area (TPSA) is 65.0 Å². The first-order chi connectivity index (χ1) is 13.1. The number of hydrogen-bond donors (Lipinski definition) is 0. The molecule has 0 bridgehead atoms. The van der Waals surface area contributed by atoms with Crippen molar-refractivity contribution in [2.24, 2.45) is 10.9 Å². The predicted molar refractivity (Wildman–Crippen MR) is 104 cm³/mol. The summed E-state index contributed by atoms with van der Waals surface area (Å²) in [6.07, 6.45) is 3.01. The molecule has 1 heterocycles. The molecule has 0 saturated heterocycles. The van der Waals surface area contributed by atoms with Gasteiger partial charge >= 0.3 is 5.97 Å². The van der Waals surface area contributed by atoms with E-state index in [0.717, 1.165) is 36.3 Å². The molecule has 144 valence electrons. The molecule has 1 saturated carbocycles. The zero-order valence-electron chi connectivity index (χ0n) is 16.3. The lowest BCUT2D eigenvalue weighted by Gasteiger charge is -2.36. The lowest BCUT2D eigenvalue weighted by molar-refractivity contribution is -0.139. The highest BCUT2D eigenvalue weighted by Crippen LogP contribution is 2.45. The first-order valence-corrected chi connectivity index (χ1v) is 9.78. The standard InChI is InChI=1S/C22H27NO4/c1-4-13-27-18-12-7-6-9-15(18)20-19(22(25)26-5-2)14(3)23-16-10-8-11-17(24)21(16)20/h6-7,9,12,20-21H,4-5,8,10-11,13H2,1-3H3. The predicted octanol–water partition coefficient (Wildman–Crippen LogP) is 4.22. The van der Waals surface area contributed by atoms with Crippen LogP contribution in [0, 0.1) is 5.92 Å². The van der Waals surface area contributed by atoms with Crippen LogP contribution < -0.4 is 4.74 Å². The van der Waals surface area contributed by atoms with Crippen LogP contribution in [0.25, 0.3) is 0 Å². The van der Waals surface area contributed by atoms with Crippen LogP contribution in [0.4, 0.5) is 0 Å². The first-order valence-electron chi connectivity index (χ1n) is 9.78. The van der Waals surface area contributed by atoms with E-state index in [4.69, 9.17) is 9.47 Å². The fraction of sp³-hybridized carbons (Fsp3) is 0.500. The smallest absolute Gasteiger partial charge is 0.336 e. The van der Waals surface area contributed by atoms with Gasteiger partial charge in [0.05, 0.1) is 24.7 Å². The number of carbonyl (C=O) groups is 2. The van der Waals surface area contributed by atoms with Crippen LogP contribution in [0.1, 0.15) is 57.9 Å². The average Bonchev–Trinajstić information content (AvgIpc) is 2.66. The third-order valence-electron chi connectivity index (χ3n) is 5.12. The Morgan fingerprint density at radius 3 is 2.70 bits per heavy atom. The average molecular weight is 369 g/mol. The van der Waals surface area contributed by atoms with E-state index < -0.39 is 17.8 Å². The Bertz CT molecular complexity index is 793. The maximum atomic E-state index is 12.9. The number of ketones is 1. The highest BCUT2D eigenvalue weighted by molar-refractivity contribution is 6.11. The van der Waals surface area contributed by atoms with Crippen LogP contribution in [0.5, 0.6) is 5.75 Å². The van der Waals surface area contributed by atoms with Gasteiger partial charge in [-0.15, -0.1) is 0 Å². The molecule has 5 nitrogen and oxygen atoms in total. The van der Waals surface area contributed by atoms with Crippen LogP contribution in [0.3, 0.4) is 0 Å². The molecule has 1 aromatic rings. The first kappa shape index (κ1) is 19.3. The summed E-state index contributed by atoms with van der Waals surface area (Å²) in [5.74, 6) is -0.347. The van der Waals surface area contributed by atoms with E-state index in [1.807, 2.05) is 38.1 Å². The van der Waals surface area contributed by atoms with Crippen molar-refractivity contribution in [3.8, 4) is 5.75 Å². The molecule has 0 radical (unpaired) electrons. The number of ether oxygens (including phenoxy) is 2. The number of esters is 1. The van der Waals surface area contributed by atoms with Gasteiger partial charge in [0.1, 0.15) is 11.5 Å². The number of Topliss-reactive ketones (excluding diaryl/α,β-unsaturated/α-hetero) is 1. The van der Waals surface area contributed by atoms with E-state index in [2.05, 4.69) is 4.99 Å². The number of rotatable bonds is 6. The molecule has 3 rings (SSSR count). The van der Waals surface area contributed by atoms with Crippen LogP contribution in [0.15, 0.2) is 40.5 Å². The van der Waals surface area contributed by atoms with Gasteiger partial charge in [0, 0.05) is 29.3 Å². The van der Waals surface area contributed by atoms with Gasteiger partial charge in [0.2, 0.25) is 0 Å². The van der Waals surface area contributed by atoms with Gasteiger partial charge in [-0.25, -0.2) is 4.79 Å². The van der Waals surface area contributed by atoms with Crippen molar-refractivity contribution in [2.45, 2.75) is 52.4 Å². The van der Waals surface area contributed by atoms with Gasteiger partial charge in [0.25, 0.3) is 0 Å². The van der Waals surface area contributed by atoms with Crippen molar-refractivity contribution in [3.05, 3.63) is 41.1 Å². The van der Waals surface area contributed by atoms with E-state index in [9.17, 15) is 9.59 Å². The van der Waals surface area contributed by atoms with Crippen LogP contribution >= 0.6 is 0 Å². The zero-order valence-corrected chi connectivity index (χ0v) is 16.3. The normalized spacial score (nSPS) is 22.2. The number of nitrogens with zero attached hydrogens (tertiary/aromatic N) is 1. The summed E-state index contributed by atoms with van der Waals surface area (Å²) in [7, 11) is 0. The molecule has 5 heteroatoms. The molecule has 1 aliphatic heterocycles. The lowest BCUT2D eigenvalue weighted by Crippen LogP contribution is -2.39. The van der Waals surface area contributed by atoms with Gasteiger partial charge in [-0.1, -0.05) is 25.1 Å². The Kier molecular flexibility index (Phi) is 6.09. The highest BCUT2D eigenvalue weighted by Gasteiger charge is 2.44. The van der Waals surface area contributed by atoms with Crippen LogP contribution in [0.2, 0.25) is 0 Å². The molecular formula is C22H27NO4. The van der Waals surface area contributed by atoms with E-state index in [0.29, 0.717) is 24.3 Å². The SMILES string of the molecule is CCCOc1ccccc1C1C(C(=O)OCC)=C(C)N=C2CCCC(=O)C21. The van der Waals surface area contributed by atoms with E-state index in [1.54, 1.807) is 6.92 Å². The van der Waals surface area contributed by atoms with E-state index >= 15 is 0 Å². The second-order valence-corrected chi connectivity index (χ2v) is 6.98. The molecule has 0 spiro atoms. The van der Waals surface area contributed by atoms with E-state index in [1.165, 1.54) is 0 Å². The summed E-state index contributed by atoms with van der Waals surface area (Å²) >= 11 is 0. The highest BCUT2D eigenvalue weighted by atomic mass is 16.5. The second-order valence-electron chi connectivity index (χ2n) is 6.98. The molecule has 1 aromatic carbocycles. The largest absolute Gasteiger partial charge is 0.493 e. The molecule has 27 heavy (non-hydrogen) atoms. The van der Waals surface area contributed by atoms with Crippen molar-refractivity contribution < 1.29 is 19.1 Å². The molecule has 2 unspecified atom stereocenters. The molecule has 1 aliphatic carbocycles.